The van der Waals surface area contributed by atoms with E-state index in [-0.39, 0.29) is 24.0 Å². The van der Waals surface area contributed by atoms with Gasteiger partial charge in [0.1, 0.15) is 0 Å². The van der Waals surface area contributed by atoms with Crippen LogP contribution in [0.4, 0.5) is 4.79 Å². The molecule has 0 bridgehead atoms. The molecule has 0 heterocycles. The van der Waals surface area contributed by atoms with Crippen LogP contribution in [0.2, 0.25) is 0 Å². The number of amides is 2. The maximum absolute atomic E-state index is 12.1. The lowest BCUT2D eigenvalue weighted by atomic mass is 10.1. The highest BCUT2D eigenvalue weighted by Crippen LogP contribution is 2.25. The number of hydrogen-bond acceptors (Lipinski definition) is 3. The molecule has 19 heavy (non-hydrogen) atoms. The third-order valence-electron chi connectivity index (χ3n) is 3.53. The Labute approximate surface area is 114 Å². The Kier molecular flexibility index (Phi) is 6.08. The van der Waals surface area contributed by atoms with Gasteiger partial charge >= 0.3 is 12.0 Å². The van der Waals surface area contributed by atoms with Crippen LogP contribution in [0.3, 0.4) is 0 Å². The Bertz CT molecular complexity index is 320. The van der Waals surface area contributed by atoms with E-state index in [1.165, 1.54) is 0 Å². The molecule has 1 rings (SSSR count). The number of carbonyl (C=O) groups is 2. The first kappa shape index (κ1) is 15.8. The van der Waals surface area contributed by atoms with E-state index in [2.05, 4.69) is 5.32 Å². The molecule has 6 nitrogen and oxygen atoms in total. The van der Waals surface area contributed by atoms with Gasteiger partial charge in [-0.25, -0.2) is 4.79 Å². The molecule has 0 spiro atoms. The SMILES string of the molecule is COCCN(C(=O)NC1CCC(C(=O)O)C1)C(C)C. The second-order valence-corrected chi connectivity index (χ2v) is 5.27. The van der Waals surface area contributed by atoms with Gasteiger partial charge in [0, 0.05) is 25.7 Å². The molecule has 0 aromatic rings. The van der Waals surface area contributed by atoms with Crippen LogP contribution in [-0.4, -0.2) is 54.4 Å². The molecule has 0 radical (unpaired) electrons. The van der Waals surface area contributed by atoms with E-state index >= 15 is 0 Å². The Morgan fingerprint density at radius 1 is 1.42 bits per heavy atom. The van der Waals surface area contributed by atoms with Crippen LogP contribution in [0.1, 0.15) is 33.1 Å². The number of ether oxygens (including phenoxy) is 1. The molecule has 1 saturated carbocycles. The van der Waals surface area contributed by atoms with E-state index in [0.29, 0.717) is 26.0 Å². The molecule has 0 aromatic heterocycles. The summed E-state index contributed by atoms with van der Waals surface area (Å²) in [5.74, 6) is -1.09. The van der Waals surface area contributed by atoms with Crippen LogP contribution >= 0.6 is 0 Å². The Balaban J connectivity index is 2.46. The normalized spacial score (nSPS) is 22.5. The minimum atomic E-state index is -0.767. The van der Waals surface area contributed by atoms with Gasteiger partial charge in [-0.1, -0.05) is 0 Å². The number of carbonyl (C=O) groups excluding carboxylic acids is 1. The molecule has 0 aromatic carbocycles. The first-order valence-corrected chi connectivity index (χ1v) is 6.74. The van der Waals surface area contributed by atoms with Crippen molar-refractivity contribution in [3.63, 3.8) is 0 Å². The Morgan fingerprint density at radius 2 is 2.11 bits per heavy atom. The lowest BCUT2D eigenvalue weighted by Gasteiger charge is -2.28. The van der Waals surface area contributed by atoms with Crippen molar-refractivity contribution in [3.05, 3.63) is 0 Å². The molecule has 0 saturated heterocycles. The average molecular weight is 272 g/mol. The summed E-state index contributed by atoms with van der Waals surface area (Å²) in [6.45, 7) is 4.93. The second-order valence-electron chi connectivity index (χ2n) is 5.27. The number of methoxy groups -OCH3 is 1. The zero-order valence-corrected chi connectivity index (χ0v) is 11.9. The van der Waals surface area contributed by atoms with Gasteiger partial charge in [0.2, 0.25) is 0 Å². The van der Waals surface area contributed by atoms with Crippen molar-refractivity contribution in [2.45, 2.75) is 45.2 Å². The second kappa shape index (κ2) is 7.33. The summed E-state index contributed by atoms with van der Waals surface area (Å²) < 4.78 is 4.99. The largest absolute Gasteiger partial charge is 0.481 e. The molecular formula is C13H24N2O4. The van der Waals surface area contributed by atoms with E-state index < -0.39 is 5.97 Å². The van der Waals surface area contributed by atoms with E-state index in [1.807, 2.05) is 13.8 Å². The van der Waals surface area contributed by atoms with Gasteiger partial charge in [0.05, 0.1) is 12.5 Å². The number of carboxylic acid groups (broad SMARTS) is 1. The van der Waals surface area contributed by atoms with E-state index in [1.54, 1.807) is 12.0 Å². The molecular weight excluding hydrogens is 248 g/mol. The zero-order valence-electron chi connectivity index (χ0n) is 11.9. The number of nitrogens with one attached hydrogen (secondary N) is 1. The highest BCUT2D eigenvalue weighted by atomic mass is 16.5. The summed E-state index contributed by atoms with van der Waals surface area (Å²) in [6.07, 6.45) is 1.90. The minimum Gasteiger partial charge on any atom is -0.481 e. The van der Waals surface area contributed by atoms with Gasteiger partial charge < -0.3 is 20.1 Å². The van der Waals surface area contributed by atoms with Gasteiger partial charge in [-0.2, -0.15) is 0 Å². The quantitative estimate of drug-likeness (QED) is 0.764. The van der Waals surface area contributed by atoms with Gasteiger partial charge in [-0.15, -0.1) is 0 Å². The smallest absolute Gasteiger partial charge is 0.317 e. The number of hydrogen-bond donors (Lipinski definition) is 2. The third-order valence-corrected chi connectivity index (χ3v) is 3.53. The average Bonchev–Trinajstić information content (AvgIpc) is 2.77. The molecule has 2 N–H and O–H groups in total. The topological polar surface area (TPSA) is 78.9 Å². The van der Waals surface area contributed by atoms with Gasteiger partial charge in [-0.05, 0) is 33.1 Å². The number of rotatable bonds is 6. The lowest BCUT2D eigenvalue weighted by molar-refractivity contribution is -0.141. The standard InChI is InChI=1S/C13H24N2O4/c1-9(2)15(6-7-19-3)13(18)14-11-5-4-10(8-11)12(16)17/h9-11H,4-8H2,1-3H3,(H,14,18)(H,16,17). The molecule has 110 valence electrons. The molecule has 2 amide bonds. The minimum absolute atomic E-state index is 0.0302. The van der Waals surface area contributed by atoms with Crippen molar-refractivity contribution in [1.82, 2.24) is 10.2 Å². The highest BCUT2D eigenvalue weighted by Gasteiger charge is 2.31. The number of carboxylic acids is 1. The van der Waals surface area contributed by atoms with Crippen LogP contribution in [0.25, 0.3) is 0 Å². The fourth-order valence-corrected chi connectivity index (χ4v) is 2.38. The van der Waals surface area contributed by atoms with Crippen LogP contribution < -0.4 is 5.32 Å². The Morgan fingerprint density at radius 3 is 2.58 bits per heavy atom. The van der Waals surface area contributed by atoms with Gasteiger partial charge in [-0.3, -0.25) is 4.79 Å². The van der Waals surface area contributed by atoms with Crippen LogP contribution in [0.5, 0.6) is 0 Å². The van der Waals surface area contributed by atoms with Crippen molar-refractivity contribution in [2.24, 2.45) is 5.92 Å². The van der Waals surface area contributed by atoms with Crippen molar-refractivity contribution in [2.75, 3.05) is 20.3 Å². The van der Waals surface area contributed by atoms with Gasteiger partial charge in [0.15, 0.2) is 0 Å². The molecule has 0 aliphatic heterocycles. The molecule has 1 aliphatic rings. The predicted octanol–water partition coefficient (Wildman–Crippen LogP) is 1.31. The summed E-state index contributed by atoms with van der Waals surface area (Å²) >= 11 is 0. The zero-order chi connectivity index (χ0) is 14.4. The molecule has 1 aliphatic carbocycles. The van der Waals surface area contributed by atoms with Crippen molar-refractivity contribution in [1.29, 1.82) is 0 Å². The number of aliphatic carboxylic acids is 1. The summed E-state index contributed by atoms with van der Waals surface area (Å²) in [7, 11) is 1.60. The summed E-state index contributed by atoms with van der Waals surface area (Å²) in [4.78, 5) is 24.7. The summed E-state index contributed by atoms with van der Waals surface area (Å²) in [6, 6.07) is -0.0766. The van der Waals surface area contributed by atoms with Crippen LogP contribution in [0, 0.1) is 5.92 Å². The van der Waals surface area contributed by atoms with Crippen molar-refractivity contribution in [3.8, 4) is 0 Å². The molecule has 6 heteroatoms. The summed E-state index contributed by atoms with van der Waals surface area (Å²) in [5.41, 5.74) is 0. The fourth-order valence-electron chi connectivity index (χ4n) is 2.38. The van der Waals surface area contributed by atoms with Crippen molar-refractivity contribution < 1.29 is 19.4 Å². The fraction of sp³-hybridized carbons (Fsp3) is 0.846. The molecule has 2 unspecified atom stereocenters. The summed E-state index contributed by atoms with van der Waals surface area (Å²) in [5, 5.41) is 11.9. The van der Waals surface area contributed by atoms with Crippen molar-refractivity contribution >= 4 is 12.0 Å². The van der Waals surface area contributed by atoms with E-state index in [4.69, 9.17) is 9.84 Å². The van der Waals surface area contributed by atoms with E-state index in [0.717, 1.165) is 6.42 Å². The lowest BCUT2D eigenvalue weighted by Crippen LogP contribution is -2.48. The number of urea groups is 1. The van der Waals surface area contributed by atoms with E-state index in [9.17, 15) is 9.59 Å². The highest BCUT2D eigenvalue weighted by molar-refractivity contribution is 5.75. The van der Waals surface area contributed by atoms with Crippen LogP contribution in [0.15, 0.2) is 0 Å². The predicted molar refractivity (Wildman–Crippen MR) is 71.0 cm³/mol. The maximum Gasteiger partial charge on any atom is 0.317 e. The third kappa shape index (κ3) is 4.70. The Hall–Kier alpha value is -1.30. The maximum atomic E-state index is 12.1. The first-order valence-electron chi connectivity index (χ1n) is 6.74. The number of nitrogens with zero attached hydrogens (tertiary/aromatic N) is 1. The first-order chi connectivity index (χ1) is 8.95. The van der Waals surface area contributed by atoms with Gasteiger partial charge in [0.25, 0.3) is 0 Å². The monoisotopic (exact) mass is 272 g/mol. The van der Waals surface area contributed by atoms with Crippen LogP contribution in [-0.2, 0) is 9.53 Å². The molecule has 1 fully saturated rings. The molecule has 2 atom stereocenters.